The number of aliphatic hydroxyl groups excluding tert-OH is 2. The number of aromatic nitrogens is 2. The molecule has 4 heterocycles. The summed E-state index contributed by atoms with van der Waals surface area (Å²) in [5, 5.41) is 21.5. The topological polar surface area (TPSA) is 126 Å². The van der Waals surface area contributed by atoms with Crippen molar-refractivity contribution in [2.24, 2.45) is 11.8 Å². The molecule has 224 valence electrons. The molecule has 2 saturated heterocycles. The third-order valence-electron chi connectivity index (χ3n) is 8.23. The number of rotatable bonds is 10. The largest absolute Gasteiger partial charge is 0.490 e. The quantitative estimate of drug-likeness (QED) is 0.395. The second-order valence-corrected chi connectivity index (χ2v) is 12.7. The molecule has 2 aliphatic heterocycles. The standard InChI is InChI=1S/C18H26N2O4.C13H18N2O2/c1-18(2,3)24-17(22)20-5-4-14(20)11-23-15-6-12(8-19-9-15)16-7-13(16)10-21;16-7-10-4-13(10)9-3-12(6-14-5-9)17-8-11-1-2-15-11/h6,8-9,13-14,16,21H,4-5,7,10-11H2,1-3H3;3,5-6,10-11,13,15-16H,1-2,4,7-8H2/t13-,14+,16-;10-,11+,13-/m11/s1. The lowest BCUT2D eigenvalue weighted by atomic mass is 10.1. The van der Waals surface area contributed by atoms with Gasteiger partial charge in [0.2, 0.25) is 0 Å². The van der Waals surface area contributed by atoms with Crippen LogP contribution in [0.4, 0.5) is 4.79 Å². The number of likely N-dealkylation sites (tertiary alicyclic amines) is 1. The van der Waals surface area contributed by atoms with Gasteiger partial charge in [-0.05, 0) is 99.9 Å². The summed E-state index contributed by atoms with van der Waals surface area (Å²) >= 11 is 0. The Kier molecular flexibility index (Phi) is 9.31. The summed E-state index contributed by atoms with van der Waals surface area (Å²) in [5.74, 6) is 3.23. The number of amides is 1. The maximum Gasteiger partial charge on any atom is 0.410 e. The zero-order valence-electron chi connectivity index (χ0n) is 24.4. The van der Waals surface area contributed by atoms with Crippen molar-refractivity contribution in [1.29, 1.82) is 0 Å². The second-order valence-electron chi connectivity index (χ2n) is 12.7. The molecule has 0 spiro atoms. The van der Waals surface area contributed by atoms with Gasteiger partial charge in [-0.15, -0.1) is 0 Å². The van der Waals surface area contributed by atoms with E-state index >= 15 is 0 Å². The number of carbonyl (C=O) groups is 1. The number of nitrogens with zero attached hydrogens (tertiary/aromatic N) is 3. The summed E-state index contributed by atoms with van der Waals surface area (Å²) < 4.78 is 16.9. The van der Waals surface area contributed by atoms with Crippen LogP contribution in [-0.4, -0.2) is 88.4 Å². The predicted molar refractivity (Wildman–Crippen MR) is 153 cm³/mol. The fourth-order valence-electron chi connectivity index (χ4n) is 5.20. The molecule has 0 radical (unpaired) electrons. The minimum atomic E-state index is -0.482. The summed E-state index contributed by atoms with van der Waals surface area (Å²) in [6.07, 6.45) is 11.1. The molecule has 2 aromatic heterocycles. The first-order valence-corrected chi connectivity index (χ1v) is 14.8. The van der Waals surface area contributed by atoms with Gasteiger partial charge in [0.1, 0.15) is 30.3 Å². The summed E-state index contributed by atoms with van der Waals surface area (Å²) in [6, 6.07) is 4.61. The first-order chi connectivity index (χ1) is 19.7. The summed E-state index contributed by atoms with van der Waals surface area (Å²) in [4.78, 5) is 22.2. The number of ether oxygens (including phenoxy) is 3. The van der Waals surface area contributed by atoms with E-state index in [2.05, 4.69) is 21.4 Å². The van der Waals surface area contributed by atoms with Crippen LogP contribution in [0.3, 0.4) is 0 Å². The molecule has 4 aliphatic rings. The molecule has 2 aliphatic carbocycles. The molecule has 6 atom stereocenters. The molecule has 4 fully saturated rings. The number of carbonyl (C=O) groups excluding carboxylic acids is 1. The van der Waals surface area contributed by atoms with E-state index in [1.165, 1.54) is 12.0 Å². The van der Waals surface area contributed by atoms with Crippen LogP contribution in [0.1, 0.15) is 69.4 Å². The molecule has 2 saturated carbocycles. The molecule has 41 heavy (non-hydrogen) atoms. The number of hydrogen-bond acceptors (Lipinski definition) is 9. The van der Waals surface area contributed by atoms with Gasteiger partial charge in [0.15, 0.2) is 0 Å². The van der Waals surface area contributed by atoms with E-state index in [4.69, 9.17) is 19.3 Å². The molecule has 3 N–H and O–H groups in total. The van der Waals surface area contributed by atoms with Gasteiger partial charge in [-0.3, -0.25) is 9.97 Å². The smallest absolute Gasteiger partial charge is 0.410 e. The van der Waals surface area contributed by atoms with Gasteiger partial charge in [-0.2, -0.15) is 0 Å². The molecule has 1 amide bonds. The number of aliphatic hydroxyl groups is 2. The Morgan fingerprint density at radius 1 is 0.927 bits per heavy atom. The lowest BCUT2D eigenvalue weighted by molar-refractivity contribution is -0.0141. The zero-order chi connectivity index (χ0) is 29.0. The second kappa shape index (κ2) is 12.9. The highest BCUT2D eigenvalue weighted by molar-refractivity contribution is 5.69. The minimum Gasteiger partial charge on any atom is -0.490 e. The maximum absolute atomic E-state index is 12.1. The maximum atomic E-state index is 12.1. The lowest BCUT2D eigenvalue weighted by Gasteiger charge is -2.40. The monoisotopic (exact) mass is 568 g/mol. The van der Waals surface area contributed by atoms with Crippen molar-refractivity contribution in [2.45, 2.75) is 76.0 Å². The van der Waals surface area contributed by atoms with E-state index in [9.17, 15) is 9.90 Å². The third-order valence-corrected chi connectivity index (χ3v) is 8.23. The van der Waals surface area contributed by atoms with Crippen LogP contribution in [0, 0.1) is 11.8 Å². The van der Waals surface area contributed by atoms with Gasteiger partial charge in [0.05, 0.1) is 18.4 Å². The Morgan fingerprint density at radius 2 is 1.49 bits per heavy atom. The van der Waals surface area contributed by atoms with E-state index in [1.54, 1.807) is 17.3 Å². The Balaban J connectivity index is 0.000000174. The van der Waals surface area contributed by atoms with Crippen LogP contribution in [0.5, 0.6) is 11.5 Å². The van der Waals surface area contributed by atoms with Crippen molar-refractivity contribution in [2.75, 3.05) is 39.5 Å². The Bertz CT molecular complexity index is 1170. The van der Waals surface area contributed by atoms with E-state index in [-0.39, 0.29) is 25.3 Å². The summed E-state index contributed by atoms with van der Waals surface area (Å²) in [7, 11) is 0. The van der Waals surface area contributed by atoms with E-state index in [1.807, 2.05) is 39.2 Å². The molecule has 2 aromatic rings. The van der Waals surface area contributed by atoms with Crippen molar-refractivity contribution >= 4 is 6.09 Å². The molecule has 10 nitrogen and oxygen atoms in total. The van der Waals surface area contributed by atoms with Crippen LogP contribution in [0.2, 0.25) is 0 Å². The number of pyridine rings is 2. The van der Waals surface area contributed by atoms with E-state index < -0.39 is 5.60 Å². The Labute approximate surface area is 242 Å². The average molecular weight is 569 g/mol. The predicted octanol–water partition coefficient (Wildman–Crippen LogP) is 3.48. The van der Waals surface area contributed by atoms with E-state index in [0.29, 0.717) is 48.6 Å². The minimum absolute atomic E-state index is 0.0506. The SMILES string of the molecule is CC(C)(C)OC(=O)N1CC[C@H]1COc1cncc([C@H]2C[C@@H]2CO)c1.OC[C@H]1C[C@@H]1c1cncc(OC[C@@H]2CCN2)c1. The molecule has 6 rings (SSSR count). The van der Waals surface area contributed by atoms with Gasteiger partial charge < -0.3 is 34.6 Å². The van der Waals surface area contributed by atoms with Crippen LogP contribution in [0.15, 0.2) is 36.9 Å². The Hall–Kier alpha value is -2.95. The third kappa shape index (κ3) is 8.08. The van der Waals surface area contributed by atoms with Crippen LogP contribution in [-0.2, 0) is 4.74 Å². The first-order valence-electron chi connectivity index (χ1n) is 14.8. The van der Waals surface area contributed by atoms with Crippen LogP contribution < -0.4 is 14.8 Å². The van der Waals surface area contributed by atoms with Crippen molar-refractivity contribution in [3.63, 3.8) is 0 Å². The van der Waals surface area contributed by atoms with Crippen LogP contribution in [0.25, 0.3) is 0 Å². The van der Waals surface area contributed by atoms with E-state index in [0.717, 1.165) is 43.7 Å². The van der Waals surface area contributed by atoms with Gasteiger partial charge in [0, 0.05) is 38.2 Å². The Morgan fingerprint density at radius 3 is 1.90 bits per heavy atom. The molecule has 10 heteroatoms. The molecular formula is C31H44N4O6. The van der Waals surface area contributed by atoms with Gasteiger partial charge >= 0.3 is 6.09 Å². The fraction of sp³-hybridized carbons (Fsp3) is 0.645. The van der Waals surface area contributed by atoms with Gasteiger partial charge in [-0.1, -0.05) is 0 Å². The highest BCUT2D eigenvalue weighted by atomic mass is 16.6. The molecular weight excluding hydrogens is 524 g/mol. The first kappa shape index (κ1) is 29.5. The van der Waals surface area contributed by atoms with Gasteiger partial charge in [0.25, 0.3) is 0 Å². The lowest BCUT2D eigenvalue weighted by Crippen LogP contribution is -2.55. The number of nitrogens with one attached hydrogen (secondary N) is 1. The zero-order valence-corrected chi connectivity index (χ0v) is 24.4. The van der Waals surface area contributed by atoms with Crippen molar-refractivity contribution in [3.05, 3.63) is 48.0 Å². The normalized spacial score (nSPS) is 27.9. The molecule has 0 aromatic carbocycles. The highest BCUT2D eigenvalue weighted by Gasteiger charge is 2.39. The molecule has 0 bridgehead atoms. The average Bonchev–Trinajstić information content (AvgIpc) is 3.81. The summed E-state index contributed by atoms with van der Waals surface area (Å²) in [5.41, 5.74) is 1.83. The van der Waals surface area contributed by atoms with Gasteiger partial charge in [-0.25, -0.2) is 4.79 Å². The molecule has 0 unspecified atom stereocenters. The summed E-state index contributed by atoms with van der Waals surface area (Å²) in [6.45, 7) is 9.08. The van der Waals surface area contributed by atoms with Crippen molar-refractivity contribution < 1.29 is 29.2 Å². The number of hydrogen-bond donors (Lipinski definition) is 3. The highest BCUT2D eigenvalue weighted by Crippen LogP contribution is 2.48. The fourth-order valence-corrected chi connectivity index (χ4v) is 5.20. The van der Waals surface area contributed by atoms with Crippen molar-refractivity contribution in [1.82, 2.24) is 20.2 Å². The van der Waals surface area contributed by atoms with Crippen LogP contribution >= 0.6 is 0 Å². The van der Waals surface area contributed by atoms with Crippen molar-refractivity contribution in [3.8, 4) is 11.5 Å².